The summed E-state index contributed by atoms with van der Waals surface area (Å²) in [6.07, 6.45) is 1.58. The Morgan fingerprint density at radius 3 is 2.63 bits per heavy atom. The van der Waals surface area contributed by atoms with Gasteiger partial charge in [0.15, 0.2) is 11.5 Å². The Balaban J connectivity index is 2.33. The highest BCUT2D eigenvalue weighted by molar-refractivity contribution is 6.30. The molecule has 0 saturated heterocycles. The highest BCUT2D eigenvalue weighted by Gasteiger charge is 2.10. The SMILES string of the molecule is Nn1c(-c2ccc(Cl)cc2)nc2ncccc2c1=O. The topological polar surface area (TPSA) is 73.8 Å². The number of pyridine rings is 1. The molecular formula is C13H9ClN4O. The summed E-state index contributed by atoms with van der Waals surface area (Å²) in [5, 5.41) is 0.997. The van der Waals surface area contributed by atoms with Crippen molar-refractivity contribution in [3.8, 4) is 11.4 Å². The van der Waals surface area contributed by atoms with Crippen molar-refractivity contribution in [2.45, 2.75) is 0 Å². The fraction of sp³-hybridized carbons (Fsp3) is 0. The minimum absolute atomic E-state index is 0.331. The van der Waals surface area contributed by atoms with E-state index in [4.69, 9.17) is 17.4 Å². The minimum atomic E-state index is -0.331. The molecule has 0 radical (unpaired) electrons. The molecule has 94 valence electrons. The van der Waals surface area contributed by atoms with E-state index in [0.717, 1.165) is 4.68 Å². The molecule has 2 heterocycles. The Kier molecular flexibility index (Phi) is 2.68. The first kappa shape index (κ1) is 11.7. The van der Waals surface area contributed by atoms with Crippen LogP contribution in [-0.2, 0) is 0 Å². The molecule has 0 aliphatic carbocycles. The van der Waals surface area contributed by atoms with Crippen LogP contribution in [0.3, 0.4) is 0 Å². The standard InChI is InChI=1S/C13H9ClN4O/c14-9-5-3-8(4-6-9)12-17-11-10(2-1-7-16-11)13(19)18(12)15/h1-7H,15H2. The molecule has 1 aromatic carbocycles. The van der Waals surface area contributed by atoms with E-state index in [9.17, 15) is 4.79 Å². The van der Waals surface area contributed by atoms with E-state index in [-0.39, 0.29) is 5.56 Å². The van der Waals surface area contributed by atoms with E-state index < -0.39 is 0 Å². The second kappa shape index (κ2) is 4.37. The van der Waals surface area contributed by atoms with Crippen LogP contribution in [0.25, 0.3) is 22.4 Å². The van der Waals surface area contributed by atoms with Crippen molar-refractivity contribution >= 4 is 22.6 Å². The zero-order chi connectivity index (χ0) is 13.4. The van der Waals surface area contributed by atoms with Gasteiger partial charge in [-0.1, -0.05) is 11.6 Å². The van der Waals surface area contributed by atoms with Gasteiger partial charge in [-0.05, 0) is 36.4 Å². The fourth-order valence-electron chi connectivity index (χ4n) is 1.84. The summed E-state index contributed by atoms with van der Waals surface area (Å²) in [4.78, 5) is 20.5. The maximum Gasteiger partial charge on any atom is 0.281 e. The van der Waals surface area contributed by atoms with Crippen LogP contribution in [0, 0.1) is 0 Å². The van der Waals surface area contributed by atoms with Crippen LogP contribution in [-0.4, -0.2) is 14.6 Å². The van der Waals surface area contributed by atoms with E-state index in [1.165, 1.54) is 0 Å². The average Bonchev–Trinajstić information content (AvgIpc) is 2.44. The van der Waals surface area contributed by atoms with Crippen LogP contribution in [0.2, 0.25) is 5.02 Å². The highest BCUT2D eigenvalue weighted by Crippen LogP contribution is 2.19. The molecule has 0 bridgehead atoms. The molecule has 6 heteroatoms. The van der Waals surface area contributed by atoms with Crippen molar-refractivity contribution in [2.75, 3.05) is 5.84 Å². The average molecular weight is 273 g/mol. The van der Waals surface area contributed by atoms with Crippen LogP contribution in [0.4, 0.5) is 0 Å². The van der Waals surface area contributed by atoms with E-state index in [1.807, 2.05) is 0 Å². The van der Waals surface area contributed by atoms with Crippen LogP contribution in [0.5, 0.6) is 0 Å². The van der Waals surface area contributed by atoms with Gasteiger partial charge < -0.3 is 5.84 Å². The number of halogens is 1. The maximum atomic E-state index is 12.1. The number of hydrogen-bond acceptors (Lipinski definition) is 4. The zero-order valence-electron chi connectivity index (χ0n) is 9.75. The molecule has 19 heavy (non-hydrogen) atoms. The first-order valence-electron chi connectivity index (χ1n) is 5.55. The number of aromatic nitrogens is 3. The lowest BCUT2D eigenvalue weighted by Gasteiger charge is -2.08. The van der Waals surface area contributed by atoms with Crippen molar-refractivity contribution in [2.24, 2.45) is 0 Å². The van der Waals surface area contributed by atoms with Crippen LogP contribution in [0.15, 0.2) is 47.4 Å². The smallest absolute Gasteiger partial charge is 0.281 e. The summed E-state index contributed by atoms with van der Waals surface area (Å²) in [6.45, 7) is 0. The molecule has 0 aliphatic heterocycles. The first-order valence-corrected chi connectivity index (χ1v) is 5.93. The lowest BCUT2D eigenvalue weighted by Crippen LogP contribution is -2.30. The summed E-state index contributed by atoms with van der Waals surface area (Å²) in [5.41, 5.74) is 0.749. The first-order chi connectivity index (χ1) is 9.16. The van der Waals surface area contributed by atoms with Gasteiger partial charge in [-0.25, -0.2) is 14.6 Å². The Labute approximate surface area is 113 Å². The fourth-order valence-corrected chi connectivity index (χ4v) is 1.96. The van der Waals surface area contributed by atoms with Gasteiger partial charge in [-0.15, -0.1) is 0 Å². The van der Waals surface area contributed by atoms with E-state index in [2.05, 4.69) is 9.97 Å². The Morgan fingerprint density at radius 2 is 1.89 bits per heavy atom. The lowest BCUT2D eigenvalue weighted by molar-refractivity contribution is 0.922. The predicted octanol–water partition coefficient (Wildman–Crippen LogP) is 1.83. The molecule has 0 amide bonds. The summed E-state index contributed by atoms with van der Waals surface area (Å²) in [6, 6.07) is 10.3. The van der Waals surface area contributed by atoms with Gasteiger partial charge in [0, 0.05) is 16.8 Å². The zero-order valence-corrected chi connectivity index (χ0v) is 10.5. The second-order valence-electron chi connectivity index (χ2n) is 3.99. The normalized spacial score (nSPS) is 10.8. The number of nitrogens with zero attached hydrogens (tertiary/aromatic N) is 3. The van der Waals surface area contributed by atoms with E-state index >= 15 is 0 Å². The molecular weight excluding hydrogens is 264 g/mol. The molecule has 0 unspecified atom stereocenters. The highest BCUT2D eigenvalue weighted by atomic mass is 35.5. The van der Waals surface area contributed by atoms with Gasteiger partial charge in [-0.2, -0.15) is 0 Å². The third-order valence-corrected chi connectivity index (χ3v) is 3.03. The summed E-state index contributed by atoms with van der Waals surface area (Å²) >= 11 is 5.83. The Morgan fingerprint density at radius 1 is 1.16 bits per heavy atom. The molecule has 2 aromatic heterocycles. The summed E-state index contributed by atoms with van der Waals surface area (Å²) in [5.74, 6) is 6.15. The van der Waals surface area contributed by atoms with Gasteiger partial charge in [0.05, 0.1) is 5.39 Å². The number of rotatable bonds is 1. The number of benzene rings is 1. The molecule has 3 aromatic rings. The van der Waals surface area contributed by atoms with Crippen LogP contribution < -0.4 is 11.4 Å². The number of fused-ring (bicyclic) bond motifs is 1. The monoisotopic (exact) mass is 272 g/mol. The molecule has 0 fully saturated rings. The minimum Gasteiger partial charge on any atom is -0.334 e. The van der Waals surface area contributed by atoms with E-state index in [1.54, 1.807) is 42.6 Å². The molecule has 3 rings (SSSR count). The largest absolute Gasteiger partial charge is 0.334 e. The molecule has 0 saturated carbocycles. The van der Waals surface area contributed by atoms with E-state index in [0.29, 0.717) is 27.4 Å². The molecule has 0 aliphatic rings. The number of hydrogen-bond donors (Lipinski definition) is 1. The third kappa shape index (κ3) is 1.94. The van der Waals surface area contributed by atoms with Gasteiger partial charge in [0.2, 0.25) is 0 Å². The number of nitrogens with two attached hydrogens (primary N) is 1. The van der Waals surface area contributed by atoms with Gasteiger partial charge >= 0.3 is 0 Å². The molecule has 0 spiro atoms. The third-order valence-electron chi connectivity index (χ3n) is 2.78. The second-order valence-corrected chi connectivity index (χ2v) is 4.43. The van der Waals surface area contributed by atoms with Gasteiger partial charge in [0.25, 0.3) is 5.56 Å². The molecule has 2 N–H and O–H groups in total. The molecule has 0 atom stereocenters. The van der Waals surface area contributed by atoms with Crippen LogP contribution in [0.1, 0.15) is 0 Å². The van der Waals surface area contributed by atoms with Crippen molar-refractivity contribution in [1.29, 1.82) is 0 Å². The lowest BCUT2D eigenvalue weighted by atomic mass is 10.2. The van der Waals surface area contributed by atoms with Crippen molar-refractivity contribution < 1.29 is 0 Å². The quantitative estimate of drug-likeness (QED) is 0.686. The van der Waals surface area contributed by atoms with Crippen molar-refractivity contribution in [1.82, 2.24) is 14.6 Å². The Bertz CT molecular complexity index is 811. The summed E-state index contributed by atoms with van der Waals surface area (Å²) < 4.78 is 1.02. The van der Waals surface area contributed by atoms with Crippen molar-refractivity contribution in [3.05, 3.63) is 58.0 Å². The van der Waals surface area contributed by atoms with Gasteiger partial charge in [0.1, 0.15) is 0 Å². The Hall–Kier alpha value is -2.40. The summed E-state index contributed by atoms with van der Waals surface area (Å²) in [7, 11) is 0. The predicted molar refractivity (Wildman–Crippen MR) is 74.4 cm³/mol. The number of nitrogen functional groups attached to an aromatic ring is 1. The maximum absolute atomic E-state index is 12.1. The van der Waals surface area contributed by atoms with Crippen molar-refractivity contribution in [3.63, 3.8) is 0 Å². The van der Waals surface area contributed by atoms with Crippen LogP contribution >= 0.6 is 11.6 Å². The van der Waals surface area contributed by atoms with Gasteiger partial charge in [-0.3, -0.25) is 4.79 Å². The molecule has 5 nitrogen and oxygen atoms in total.